The van der Waals surface area contributed by atoms with Crippen LogP contribution in [-0.4, -0.2) is 23.4 Å². The van der Waals surface area contributed by atoms with Crippen molar-refractivity contribution >= 4 is 29.1 Å². The number of nitrogens with zero attached hydrogens (tertiary/aromatic N) is 1. The van der Waals surface area contributed by atoms with Crippen molar-refractivity contribution in [1.82, 2.24) is 0 Å². The Balaban J connectivity index is 1.79. The lowest BCUT2D eigenvalue weighted by atomic mass is 9.72. The van der Waals surface area contributed by atoms with Gasteiger partial charge in [0.15, 0.2) is 0 Å². The topological polar surface area (TPSA) is 84.8 Å². The minimum atomic E-state index is -1.12. The van der Waals surface area contributed by atoms with Crippen LogP contribution in [0.3, 0.4) is 0 Å². The molecule has 32 heavy (non-hydrogen) atoms. The highest BCUT2D eigenvalue weighted by molar-refractivity contribution is 6.16. The van der Waals surface area contributed by atoms with E-state index in [1.165, 1.54) is 6.92 Å². The van der Waals surface area contributed by atoms with E-state index in [4.69, 9.17) is 4.84 Å². The highest BCUT2D eigenvalue weighted by atomic mass is 16.7. The number of para-hydroxylation sites is 1. The van der Waals surface area contributed by atoms with Gasteiger partial charge in [-0.2, -0.15) is 0 Å². The molecule has 0 fully saturated rings. The third kappa shape index (κ3) is 4.34. The van der Waals surface area contributed by atoms with Crippen molar-refractivity contribution in [3.8, 4) is 0 Å². The molecule has 1 heterocycles. The predicted molar refractivity (Wildman–Crippen MR) is 121 cm³/mol. The Kier molecular flexibility index (Phi) is 6.22. The molecule has 1 aliphatic heterocycles. The van der Waals surface area contributed by atoms with Gasteiger partial charge in [-0.25, -0.2) is 4.79 Å². The van der Waals surface area contributed by atoms with Crippen molar-refractivity contribution in [2.45, 2.75) is 12.8 Å². The zero-order valence-electron chi connectivity index (χ0n) is 17.5. The van der Waals surface area contributed by atoms with Crippen molar-refractivity contribution < 1.29 is 19.2 Å². The lowest BCUT2D eigenvalue weighted by Crippen LogP contribution is -2.40. The third-order valence-electron chi connectivity index (χ3n) is 5.52. The molecule has 6 heteroatoms. The summed E-state index contributed by atoms with van der Waals surface area (Å²) in [6.07, 6.45) is 0. The number of amides is 1. The molecule has 0 aromatic heterocycles. The molecule has 0 saturated heterocycles. The van der Waals surface area contributed by atoms with Gasteiger partial charge in [-0.1, -0.05) is 84.0 Å². The number of rotatable bonds is 7. The molecule has 1 aliphatic rings. The van der Waals surface area contributed by atoms with Crippen molar-refractivity contribution in [3.63, 3.8) is 0 Å². The summed E-state index contributed by atoms with van der Waals surface area (Å²) < 4.78 is 0. The summed E-state index contributed by atoms with van der Waals surface area (Å²) >= 11 is 0. The standard InChI is InChI=1S/C26H22N2O4/c1-17(29)21(25(30)27-20-15-9-4-10-16-20)22(18-11-5-2-6-12-18)23-24(28-32-26(23)31)19-13-7-3-8-14-19/h2-16,21-23H,1H3,(H,27,30). The summed E-state index contributed by atoms with van der Waals surface area (Å²) in [5, 5.41) is 6.84. The molecule has 4 rings (SSSR count). The first-order valence-electron chi connectivity index (χ1n) is 10.3. The van der Waals surface area contributed by atoms with E-state index in [0.29, 0.717) is 22.5 Å². The van der Waals surface area contributed by atoms with Gasteiger partial charge in [-0.05, 0) is 24.6 Å². The summed E-state index contributed by atoms with van der Waals surface area (Å²) in [5.74, 6) is -4.23. The molecule has 0 bridgehead atoms. The fourth-order valence-electron chi connectivity index (χ4n) is 4.07. The molecular weight excluding hydrogens is 404 g/mol. The van der Waals surface area contributed by atoms with Gasteiger partial charge in [0.2, 0.25) is 5.91 Å². The number of ketones is 1. The molecule has 0 radical (unpaired) electrons. The number of hydrogen-bond donors (Lipinski definition) is 1. The lowest BCUT2D eigenvalue weighted by Gasteiger charge is -2.28. The molecule has 0 aliphatic carbocycles. The zero-order valence-corrected chi connectivity index (χ0v) is 17.5. The monoisotopic (exact) mass is 426 g/mol. The minimum absolute atomic E-state index is 0.348. The summed E-state index contributed by atoms with van der Waals surface area (Å²) in [4.78, 5) is 44.2. The Hall–Kier alpha value is -4.06. The SMILES string of the molecule is CC(=O)C(C(=O)Nc1ccccc1)C(c1ccccc1)C1C(=O)ON=C1c1ccccc1. The number of carbonyl (C=O) groups excluding carboxylic acids is 3. The number of hydrogen-bond acceptors (Lipinski definition) is 5. The zero-order chi connectivity index (χ0) is 22.5. The van der Waals surface area contributed by atoms with Gasteiger partial charge in [0.05, 0.1) is 0 Å². The van der Waals surface area contributed by atoms with Crippen LogP contribution in [0.5, 0.6) is 0 Å². The van der Waals surface area contributed by atoms with Crippen LogP contribution < -0.4 is 5.32 Å². The maximum Gasteiger partial charge on any atom is 0.344 e. The molecule has 1 N–H and O–H groups in total. The largest absolute Gasteiger partial charge is 0.344 e. The normalized spacial score (nSPS) is 17.1. The molecule has 3 unspecified atom stereocenters. The molecular formula is C26H22N2O4. The summed E-state index contributed by atoms with van der Waals surface area (Å²) in [6, 6.07) is 27.2. The first kappa shape index (κ1) is 21.2. The van der Waals surface area contributed by atoms with Crippen LogP contribution in [-0.2, 0) is 19.2 Å². The molecule has 0 saturated carbocycles. The summed E-state index contributed by atoms with van der Waals surface area (Å²) in [5.41, 5.74) is 2.36. The van der Waals surface area contributed by atoms with E-state index in [-0.39, 0.29) is 5.78 Å². The van der Waals surface area contributed by atoms with E-state index in [1.54, 1.807) is 24.3 Å². The van der Waals surface area contributed by atoms with E-state index >= 15 is 0 Å². The molecule has 3 aromatic carbocycles. The van der Waals surface area contributed by atoms with Gasteiger partial charge in [0.25, 0.3) is 0 Å². The van der Waals surface area contributed by atoms with Gasteiger partial charge in [0, 0.05) is 17.2 Å². The van der Waals surface area contributed by atoms with Gasteiger partial charge >= 0.3 is 5.97 Å². The fourth-order valence-corrected chi connectivity index (χ4v) is 4.07. The number of oxime groups is 1. The minimum Gasteiger partial charge on any atom is -0.325 e. The van der Waals surface area contributed by atoms with E-state index < -0.39 is 29.6 Å². The van der Waals surface area contributed by atoms with Crippen LogP contribution in [0.15, 0.2) is 96.2 Å². The van der Waals surface area contributed by atoms with E-state index in [9.17, 15) is 14.4 Å². The molecule has 3 atom stereocenters. The number of anilines is 1. The molecule has 1 amide bonds. The Bertz CT molecular complexity index is 1140. The van der Waals surface area contributed by atoms with E-state index in [2.05, 4.69) is 10.5 Å². The maximum absolute atomic E-state index is 13.4. The van der Waals surface area contributed by atoms with E-state index in [1.807, 2.05) is 66.7 Å². The van der Waals surface area contributed by atoms with Crippen molar-refractivity contribution in [1.29, 1.82) is 0 Å². The molecule has 3 aromatic rings. The molecule has 6 nitrogen and oxygen atoms in total. The van der Waals surface area contributed by atoms with Crippen molar-refractivity contribution in [2.24, 2.45) is 17.0 Å². The highest BCUT2D eigenvalue weighted by Gasteiger charge is 2.47. The first-order chi connectivity index (χ1) is 15.6. The predicted octanol–water partition coefficient (Wildman–Crippen LogP) is 4.19. The van der Waals surface area contributed by atoms with Crippen molar-refractivity contribution in [3.05, 3.63) is 102 Å². The second-order valence-corrected chi connectivity index (χ2v) is 7.61. The molecule has 0 spiro atoms. The van der Waals surface area contributed by atoms with Crippen LogP contribution in [0.4, 0.5) is 5.69 Å². The third-order valence-corrected chi connectivity index (χ3v) is 5.52. The number of Topliss-reactive ketones (excluding diaryl/α,β-unsaturated/α-hetero) is 1. The molecule has 160 valence electrons. The summed E-state index contributed by atoms with van der Waals surface area (Å²) in [7, 11) is 0. The Morgan fingerprint density at radius 2 is 1.44 bits per heavy atom. The van der Waals surface area contributed by atoms with Gasteiger partial charge in [-0.15, -0.1) is 0 Å². The maximum atomic E-state index is 13.4. The first-order valence-corrected chi connectivity index (χ1v) is 10.3. The number of nitrogens with one attached hydrogen (secondary N) is 1. The number of benzene rings is 3. The second kappa shape index (κ2) is 9.39. The Labute approximate surface area is 185 Å². The van der Waals surface area contributed by atoms with Gasteiger partial charge in [0.1, 0.15) is 23.3 Å². The summed E-state index contributed by atoms with van der Waals surface area (Å²) in [6.45, 7) is 1.37. The van der Waals surface area contributed by atoms with E-state index in [0.717, 1.165) is 0 Å². The Morgan fingerprint density at radius 1 is 0.875 bits per heavy atom. The second-order valence-electron chi connectivity index (χ2n) is 7.61. The quantitative estimate of drug-likeness (QED) is 0.453. The average Bonchev–Trinajstić information content (AvgIpc) is 3.19. The number of carbonyl (C=O) groups is 3. The lowest BCUT2D eigenvalue weighted by molar-refractivity contribution is -0.144. The van der Waals surface area contributed by atoms with Crippen molar-refractivity contribution in [2.75, 3.05) is 5.32 Å². The Morgan fingerprint density at radius 3 is 2.03 bits per heavy atom. The van der Waals surface area contributed by atoms with Crippen LogP contribution in [0.25, 0.3) is 0 Å². The van der Waals surface area contributed by atoms with Gasteiger partial charge in [-0.3, -0.25) is 9.59 Å². The highest BCUT2D eigenvalue weighted by Crippen LogP contribution is 2.39. The van der Waals surface area contributed by atoms with Gasteiger partial charge < -0.3 is 10.2 Å². The average molecular weight is 426 g/mol. The van der Waals surface area contributed by atoms with Crippen LogP contribution in [0.2, 0.25) is 0 Å². The fraction of sp³-hybridized carbons (Fsp3) is 0.154. The van der Waals surface area contributed by atoms with Crippen LogP contribution in [0, 0.1) is 11.8 Å². The van der Waals surface area contributed by atoms with Crippen LogP contribution >= 0.6 is 0 Å². The smallest absolute Gasteiger partial charge is 0.325 e. The van der Waals surface area contributed by atoms with Crippen LogP contribution in [0.1, 0.15) is 24.0 Å².